The Morgan fingerprint density at radius 1 is 1.03 bits per heavy atom. The van der Waals surface area contributed by atoms with Crippen LogP contribution in [0.1, 0.15) is 27.2 Å². The average Bonchev–Trinajstić information content (AvgIpc) is 3.25. The summed E-state index contributed by atoms with van der Waals surface area (Å²) in [6.45, 7) is 2.71. The van der Waals surface area contributed by atoms with Crippen LogP contribution in [-0.4, -0.2) is 48.7 Å². The Morgan fingerprint density at radius 2 is 1.74 bits per heavy atom. The van der Waals surface area contributed by atoms with Crippen LogP contribution in [0.2, 0.25) is 0 Å². The van der Waals surface area contributed by atoms with Crippen molar-refractivity contribution in [3.05, 3.63) is 82.7 Å². The first kappa shape index (κ1) is 26.2. The highest BCUT2D eigenvalue weighted by Crippen LogP contribution is 2.42. The van der Waals surface area contributed by atoms with E-state index >= 15 is 0 Å². The van der Waals surface area contributed by atoms with Crippen molar-refractivity contribution >= 4 is 27.2 Å². The van der Waals surface area contributed by atoms with Gasteiger partial charge in [-0.25, -0.2) is 0 Å². The fraction of sp³-hybridized carbons (Fsp3) is 0.276. The van der Waals surface area contributed by atoms with Crippen LogP contribution in [0.4, 0.5) is 17.6 Å². The van der Waals surface area contributed by atoms with Crippen LogP contribution in [0.25, 0.3) is 21.2 Å². The Balaban J connectivity index is 1.36. The number of carbonyl (C=O) groups excluding carboxylic acids is 1. The molecule has 1 aliphatic heterocycles. The van der Waals surface area contributed by atoms with E-state index in [0.29, 0.717) is 27.5 Å². The van der Waals surface area contributed by atoms with Gasteiger partial charge in [0, 0.05) is 46.8 Å². The number of ketones is 1. The zero-order chi connectivity index (χ0) is 26.9. The molecule has 0 saturated carbocycles. The molecule has 1 aromatic heterocycles. The monoisotopic (exact) mass is 543 g/mol. The van der Waals surface area contributed by atoms with E-state index in [9.17, 15) is 27.5 Å². The van der Waals surface area contributed by atoms with Gasteiger partial charge in [0.15, 0.2) is 0 Å². The molecule has 0 atom stereocenters. The van der Waals surface area contributed by atoms with E-state index in [2.05, 4.69) is 4.90 Å². The standard InChI is InChI=1S/C29H25F4NO3S/c30-15-18-16-34(17-18)12-1-13-37-23-9-4-19(5-10-23)26-24-11-8-22(35)14-25(24)38-28(26)27(36)20-2-6-21(7-3-20)29(31,32)33/h2-11,14,18,35H,1,12-13,15-17H2. The van der Waals surface area contributed by atoms with Gasteiger partial charge in [0.1, 0.15) is 11.5 Å². The highest BCUT2D eigenvalue weighted by molar-refractivity contribution is 7.21. The number of benzene rings is 3. The van der Waals surface area contributed by atoms with Crippen LogP contribution in [0.15, 0.2) is 66.7 Å². The van der Waals surface area contributed by atoms with Gasteiger partial charge < -0.3 is 14.7 Å². The van der Waals surface area contributed by atoms with Gasteiger partial charge in [-0.15, -0.1) is 11.3 Å². The molecule has 1 aliphatic rings. The van der Waals surface area contributed by atoms with Crippen molar-refractivity contribution in [3.63, 3.8) is 0 Å². The minimum Gasteiger partial charge on any atom is -0.508 e. The molecule has 0 bridgehead atoms. The first-order valence-corrected chi connectivity index (χ1v) is 13.0. The molecule has 38 heavy (non-hydrogen) atoms. The number of hydrogen-bond donors (Lipinski definition) is 1. The number of fused-ring (bicyclic) bond motifs is 1. The molecule has 0 spiro atoms. The quantitative estimate of drug-likeness (QED) is 0.138. The van der Waals surface area contributed by atoms with Gasteiger partial charge in [-0.2, -0.15) is 13.2 Å². The summed E-state index contributed by atoms with van der Waals surface area (Å²) in [5.74, 6) is 0.500. The molecule has 1 saturated heterocycles. The van der Waals surface area contributed by atoms with Crippen molar-refractivity contribution in [3.8, 4) is 22.6 Å². The molecule has 0 unspecified atom stereocenters. The van der Waals surface area contributed by atoms with E-state index in [4.69, 9.17) is 4.74 Å². The number of phenols is 1. The number of phenolic OH excluding ortho intramolecular Hbond substituents is 1. The first-order chi connectivity index (χ1) is 18.2. The summed E-state index contributed by atoms with van der Waals surface area (Å²) in [6.07, 6.45) is -3.66. The van der Waals surface area contributed by atoms with E-state index in [1.165, 1.54) is 29.5 Å². The topological polar surface area (TPSA) is 49.8 Å². The van der Waals surface area contributed by atoms with Gasteiger partial charge in [0.25, 0.3) is 0 Å². The average molecular weight is 544 g/mol. The minimum absolute atomic E-state index is 0.0565. The van der Waals surface area contributed by atoms with Crippen LogP contribution >= 0.6 is 11.3 Å². The van der Waals surface area contributed by atoms with E-state index in [0.717, 1.165) is 49.1 Å². The molecule has 3 aromatic carbocycles. The molecule has 4 nitrogen and oxygen atoms in total. The second-order valence-electron chi connectivity index (χ2n) is 9.40. The number of ether oxygens (including phenoxy) is 1. The SMILES string of the molecule is O=C(c1ccc(C(F)(F)F)cc1)c1sc2cc(O)ccc2c1-c1ccc(OCCCN2CC(CF)C2)cc1. The minimum atomic E-state index is -4.49. The number of nitrogens with zero attached hydrogens (tertiary/aromatic N) is 1. The summed E-state index contributed by atoms with van der Waals surface area (Å²) in [5.41, 5.74) is 0.735. The molecule has 0 amide bonds. The van der Waals surface area contributed by atoms with Crippen molar-refractivity contribution in [1.82, 2.24) is 4.90 Å². The molecule has 4 aromatic rings. The normalized spacial score (nSPS) is 14.5. The van der Waals surface area contributed by atoms with Crippen LogP contribution in [-0.2, 0) is 6.18 Å². The Morgan fingerprint density at radius 3 is 2.39 bits per heavy atom. The third-order valence-electron chi connectivity index (χ3n) is 6.64. The van der Waals surface area contributed by atoms with Crippen molar-refractivity contribution in [2.45, 2.75) is 12.6 Å². The summed E-state index contributed by atoms with van der Waals surface area (Å²) >= 11 is 1.19. The lowest BCUT2D eigenvalue weighted by Gasteiger charge is -2.37. The second-order valence-corrected chi connectivity index (χ2v) is 10.4. The Bertz CT molecular complexity index is 1430. The summed E-state index contributed by atoms with van der Waals surface area (Å²) < 4.78 is 58.1. The van der Waals surface area contributed by atoms with Crippen molar-refractivity contribution in [2.24, 2.45) is 5.92 Å². The molecule has 5 rings (SSSR count). The molecule has 1 N–H and O–H groups in total. The van der Waals surface area contributed by atoms with E-state index in [1.54, 1.807) is 12.1 Å². The highest BCUT2D eigenvalue weighted by atomic mass is 32.1. The van der Waals surface area contributed by atoms with Gasteiger partial charge >= 0.3 is 6.18 Å². The first-order valence-electron chi connectivity index (χ1n) is 12.2. The summed E-state index contributed by atoms with van der Waals surface area (Å²) in [7, 11) is 0. The number of alkyl halides is 4. The number of aromatic hydroxyl groups is 1. The van der Waals surface area contributed by atoms with Crippen molar-refractivity contribution in [1.29, 1.82) is 0 Å². The van der Waals surface area contributed by atoms with E-state index in [1.807, 2.05) is 24.3 Å². The van der Waals surface area contributed by atoms with E-state index < -0.39 is 17.5 Å². The molecule has 9 heteroatoms. The van der Waals surface area contributed by atoms with Crippen LogP contribution in [0.3, 0.4) is 0 Å². The Hall–Kier alpha value is -3.43. The number of halogens is 4. The second kappa shape index (κ2) is 10.7. The number of hydrogen-bond acceptors (Lipinski definition) is 5. The number of likely N-dealkylation sites (tertiary alicyclic amines) is 1. The molecular formula is C29H25F4NO3S. The zero-order valence-corrected chi connectivity index (χ0v) is 21.1. The third-order valence-corrected chi connectivity index (χ3v) is 7.79. The summed E-state index contributed by atoms with van der Waals surface area (Å²) in [4.78, 5) is 16.0. The third kappa shape index (κ3) is 5.54. The predicted octanol–water partition coefficient (Wildman–Crippen LogP) is 7.19. The smallest absolute Gasteiger partial charge is 0.416 e. The summed E-state index contributed by atoms with van der Waals surface area (Å²) in [6, 6.07) is 16.3. The maximum absolute atomic E-state index is 13.4. The van der Waals surface area contributed by atoms with Crippen molar-refractivity contribution < 1.29 is 32.2 Å². The van der Waals surface area contributed by atoms with Crippen LogP contribution in [0, 0.1) is 5.92 Å². The largest absolute Gasteiger partial charge is 0.508 e. The fourth-order valence-electron chi connectivity index (χ4n) is 4.63. The molecule has 198 valence electrons. The Kier molecular flexibility index (Phi) is 7.40. The van der Waals surface area contributed by atoms with Crippen LogP contribution in [0.5, 0.6) is 11.5 Å². The molecule has 0 radical (unpaired) electrons. The number of rotatable bonds is 9. The maximum atomic E-state index is 13.4. The lowest BCUT2D eigenvalue weighted by molar-refractivity contribution is -0.137. The number of thiophene rings is 1. The molecule has 2 heterocycles. The van der Waals surface area contributed by atoms with Crippen LogP contribution < -0.4 is 4.74 Å². The van der Waals surface area contributed by atoms with Gasteiger partial charge in [-0.1, -0.05) is 24.3 Å². The van der Waals surface area contributed by atoms with E-state index in [-0.39, 0.29) is 23.9 Å². The Labute approximate surface area is 221 Å². The lowest BCUT2D eigenvalue weighted by Crippen LogP contribution is -2.48. The van der Waals surface area contributed by atoms with Crippen molar-refractivity contribution in [2.75, 3.05) is 32.9 Å². The molecule has 0 aliphatic carbocycles. The zero-order valence-electron chi connectivity index (χ0n) is 20.3. The summed E-state index contributed by atoms with van der Waals surface area (Å²) in [5, 5.41) is 10.7. The highest BCUT2D eigenvalue weighted by Gasteiger charge is 2.31. The van der Waals surface area contributed by atoms with Gasteiger partial charge in [0.2, 0.25) is 5.78 Å². The molecule has 1 fully saturated rings. The van der Waals surface area contributed by atoms with Gasteiger partial charge in [-0.3, -0.25) is 9.18 Å². The lowest BCUT2D eigenvalue weighted by atomic mass is 9.97. The predicted molar refractivity (Wildman–Crippen MR) is 140 cm³/mol. The number of carbonyl (C=O) groups is 1. The van der Waals surface area contributed by atoms with Gasteiger partial charge in [-0.05, 0) is 54.4 Å². The fourth-order valence-corrected chi connectivity index (χ4v) is 5.85. The molecular weight excluding hydrogens is 518 g/mol. The van der Waals surface area contributed by atoms with Gasteiger partial charge in [0.05, 0.1) is 23.7 Å². The maximum Gasteiger partial charge on any atom is 0.416 e.